The highest BCUT2D eigenvalue weighted by Gasteiger charge is 2.18. The first-order chi connectivity index (χ1) is 12.3. The number of carbonyl (C=O) groups excluding carboxylic acids is 1. The van der Waals surface area contributed by atoms with Crippen molar-refractivity contribution < 1.29 is 22.7 Å². The van der Waals surface area contributed by atoms with E-state index in [9.17, 15) is 13.2 Å². The average Bonchev–Trinajstić information content (AvgIpc) is 2.63. The molecule has 0 heterocycles. The zero-order chi connectivity index (χ0) is 19.3. The Labute approximate surface area is 161 Å². The Morgan fingerprint density at radius 1 is 1.08 bits per heavy atom. The second kappa shape index (κ2) is 8.59. The minimum absolute atomic E-state index is 0.0660. The second-order valence-corrected chi connectivity index (χ2v) is 7.54. The summed E-state index contributed by atoms with van der Waals surface area (Å²) in [7, 11) is -1.10. The zero-order valence-electron chi connectivity index (χ0n) is 13.9. The van der Waals surface area contributed by atoms with E-state index in [4.69, 9.17) is 32.7 Å². The van der Waals surface area contributed by atoms with E-state index in [1.807, 2.05) is 0 Å². The van der Waals surface area contributed by atoms with Gasteiger partial charge in [-0.15, -0.1) is 0 Å². The molecular formula is C16H16Cl2N2O5S. The summed E-state index contributed by atoms with van der Waals surface area (Å²) in [6.45, 7) is -0.487. The highest BCUT2D eigenvalue weighted by molar-refractivity contribution is 7.89. The fourth-order valence-electron chi connectivity index (χ4n) is 2.02. The van der Waals surface area contributed by atoms with E-state index >= 15 is 0 Å². The van der Waals surface area contributed by atoms with Gasteiger partial charge in [0, 0.05) is 6.07 Å². The number of amides is 1. The van der Waals surface area contributed by atoms with Gasteiger partial charge in [-0.2, -0.15) is 0 Å². The van der Waals surface area contributed by atoms with E-state index < -0.39 is 22.5 Å². The van der Waals surface area contributed by atoms with E-state index in [0.717, 1.165) is 0 Å². The zero-order valence-corrected chi connectivity index (χ0v) is 16.2. The summed E-state index contributed by atoms with van der Waals surface area (Å²) < 4.78 is 37.0. The Bertz CT molecular complexity index is 919. The topological polar surface area (TPSA) is 93.7 Å². The predicted molar refractivity (Wildman–Crippen MR) is 99.8 cm³/mol. The quantitative estimate of drug-likeness (QED) is 0.720. The van der Waals surface area contributed by atoms with Gasteiger partial charge in [0.05, 0.1) is 41.4 Å². The molecule has 0 atom stereocenters. The highest BCUT2D eigenvalue weighted by atomic mass is 35.5. The number of carbonyl (C=O) groups is 1. The van der Waals surface area contributed by atoms with Crippen molar-refractivity contribution in [3.05, 3.63) is 46.4 Å². The molecule has 26 heavy (non-hydrogen) atoms. The smallest absolute Gasteiger partial charge is 0.241 e. The van der Waals surface area contributed by atoms with Crippen LogP contribution < -0.4 is 19.5 Å². The number of nitrogens with one attached hydrogen (secondary N) is 2. The van der Waals surface area contributed by atoms with Crippen molar-refractivity contribution in [2.75, 3.05) is 26.1 Å². The molecule has 0 aliphatic rings. The molecule has 0 spiro atoms. The molecule has 0 saturated heterocycles. The van der Waals surface area contributed by atoms with Gasteiger partial charge in [0.2, 0.25) is 15.9 Å². The molecule has 0 aromatic heterocycles. The normalized spacial score (nSPS) is 11.1. The van der Waals surface area contributed by atoms with Crippen LogP contribution in [-0.2, 0) is 14.8 Å². The Morgan fingerprint density at radius 3 is 2.42 bits per heavy atom. The van der Waals surface area contributed by atoms with E-state index in [-0.39, 0.29) is 26.4 Å². The van der Waals surface area contributed by atoms with Crippen LogP contribution in [0, 0.1) is 0 Å². The molecule has 0 radical (unpaired) electrons. The van der Waals surface area contributed by atoms with Crippen molar-refractivity contribution in [3.63, 3.8) is 0 Å². The third kappa shape index (κ3) is 4.79. The van der Waals surface area contributed by atoms with Crippen molar-refractivity contribution in [3.8, 4) is 11.5 Å². The number of hydrogen-bond acceptors (Lipinski definition) is 5. The summed E-state index contributed by atoms with van der Waals surface area (Å²) in [5.74, 6) is 0.0449. The molecule has 0 bridgehead atoms. The number of methoxy groups -OCH3 is 2. The first-order valence-electron chi connectivity index (χ1n) is 7.24. The van der Waals surface area contributed by atoms with E-state index in [0.29, 0.717) is 5.75 Å². The lowest BCUT2D eigenvalue weighted by atomic mass is 10.3. The van der Waals surface area contributed by atoms with Crippen LogP contribution in [0.4, 0.5) is 5.69 Å². The molecule has 7 nitrogen and oxygen atoms in total. The molecule has 0 aliphatic heterocycles. The molecule has 140 valence electrons. The largest absolute Gasteiger partial charge is 0.493 e. The van der Waals surface area contributed by atoms with Crippen LogP contribution in [0.15, 0.2) is 41.3 Å². The second-order valence-electron chi connectivity index (χ2n) is 4.99. The van der Waals surface area contributed by atoms with Crippen LogP contribution in [0.1, 0.15) is 0 Å². The van der Waals surface area contributed by atoms with Crippen molar-refractivity contribution in [2.45, 2.75) is 4.90 Å². The monoisotopic (exact) mass is 418 g/mol. The Kier molecular flexibility index (Phi) is 6.71. The number of ether oxygens (including phenoxy) is 2. The van der Waals surface area contributed by atoms with Crippen LogP contribution in [0.25, 0.3) is 0 Å². The van der Waals surface area contributed by atoms with Crippen LogP contribution in [0.2, 0.25) is 10.0 Å². The summed E-state index contributed by atoms with van der Waals surface area (Å²) in [4.78, 5) is 11.9. The number of anilines is 1. The standard InChI is InChI=1S/C16H16Cl2N2O5S/c1-24-13-7-6-10(8-14(13)25-2)26(22,23)19-9-15(21)20-12-5-3-4-11(17)16(12)18/h3-8,19H,9H2,1-2H3,(H,20,21). The summed E-state index contributed by atoms with van der Waals surface area (Å²) in [5, 5.41) is 2.93. The van der Waals surface area contributed by atoms with Crippen molar-refractivity contribution in [1.82, 2.24) is 4.72 Å². The van der Waals surface area contributed by atoms with Crippen LogP contribution >= 0.6 is 23.2 Å². The molecule has 2 rings (SSSR count). The third-order valence-electron chi connectivity index (χ3n) is 3.31. The van der Waals surface area contributed by atoms with Crippen LogP contribution in [0.5, 0.6) is 11.5 Å². The summed E-state index contributed by atoms with van der Waals surface area (Å²) in [6.07, 6.45) is 0. The number of halogens is 2. The molecule has 1 amide bonds. The first-order valence-corrected chi connectivity index (χ1v) is 9.48. The number of rotatable bonds is 7. The van der Waals surface area contributed by atoms with Crippen LogP contribution in [-0.4, -0.2) is 35.1 Å². The van der Waals surface area contributed by atoms with Gasteiger partial charge < -0.3 is 14.8 Å². The van der Waals surface area contributed by atoms with Gasteiger partial charge in [0.1, 0.15) is 0 Å². The fourth-order valence-corrected chi connectivity index (χ4v) is 3.37. The Balaban J connectivity index is 2.08. The summed E-state index contributed by atoms with van der Waals surface area (Å²) in [5.41, 5.74) is 0.287. The van der Waals surface area contributed by atoms with E-state index in [1.54, 1.807) is 18.2 Å². The Hall–Kier alpha value is -2.00. The molecule has 0 saturated carbocycles. The lowest BCUT2D eigenvalue weighted by molar-refractivity contribution is -0.115. The predicted octanol–water partition coefficient (Wildman–Crippen LogP) is 2.93. The average molecular weight is 419 g/mol. The maximum absolute atomic E-state index is 12.3. The molecule has 0 unspecified atom stereocenters. The van der Waals surface area contributed by atoms with Gasteiger partial charge in [-0.3, -0.25) is 4.79 Å². The van der Waals surface area contributed by atoms with Gasteiger partial charge in [-0.05, 0) is 24.3 Å². The van der Waals surface area contributed by atoms with Gasteiger partial charge in [0.25, 0.3) is 0 Å². The van der Waals surface area contributed by atoms with Crippen molar-refractivity contribution in [1.29, 1.82) is 0 Å². The molecule has 0 aliphatic carbocycles. The summed E-state index contributed by atoms with van der Waals surface area (Å²) >= 11 is 11.8. The third-order valence-corrected chi connectivity index (χ3v) is 5.53. The van der Waals surface area contributed by atoms with Gasteiger partial charge in [-0.25, -0.2) is 13.1 Å². The van der Waals surface area contributed by atoms with E-state index in [2.05, 4.69) is 10.0 Å². The summed E-state index contributed by atoms with van der Waals surface area (Å²) in [6, 6.07) is 8.83. The first kappa shape index (κ1) is 20.3. The number of benzene rings is 2. The number of hydrogen-bond donors (Lipinski definition) is 2. The van der Waals surface area contributed by atoms with Gasteiger partial charge in [0.15, 0.2) is 11.5 Å². The van der Waals surface area contributed by atoms with Crippen LogP contribution in [0.3, 0.4) is 0 Å². The molecule has 2 N–H and O–H groups in total. The minimum Gasteiger partial charge on any atom is -0.493 e. The molecule has 2 aromatic carbocycles. The van der Waals surface area contributed by atoms with Gasteiger partial charge >= 0.3 is 0 Å². The van der Waals surface area contributed by atoms with Crippen molar-refractivity contribution in [2.24, 2.45) is 0 Å². The minimum atomic E-state index is -3.93. The molecule has 2 aromatic rings. The Morgan fingerprint density at radius 2 is 1.77 bits per heavy atom. The van der Waals surface area contributed by atoms with Gasteiger partial charge in [-0.1, -0.05) is 29.3 Å². The maximum Gasteiger partial charge on any atom is 0.241 e. The van der Waals surface area contributed by atoms with Crippen molar-refractivity contribution >= 4 is 44.8 Å². The number of sulfonamides is 1. The lowest BCUT2D eigenvalue weighted by Gasteiger charge is -2.11. The molecule has 0 fully saturated rings. The molecule has 10 heteroatoms. The highest BCUT2D eigenvalue weighted by Crippen LogP contribution is 2.30. The SMILES string of the molecule is COc1ccc(S(=O)(=O)NCC(=O)Nc2cccc(Cl)c2Cl)cc1OC. The molecular weight excluding hydrogens is 403 g/mol. The fraction of sp³-hybridized carbons (Fsp3) is 0.188. The van der Waals surface area contributed by atoms with E-state index in [1.165, 1.54) is 32.4 Å². The lowest BCUT2D eigenvalue weighted by Crippen LogP contribution is -2.33. The maximum atomic E-state index is 12.3.